The van der Waals surface area contributed by atoms with Crippen molar-refractivity contribution in [1.82, 2.24) is 10.2 Å². The summed E-state index contributed by atoms with van der Waals surface area (Å²) in [7, 11) is 5.26. The monoisotopic (exact) mass is 645 g/mol. The smallest absolute Gasteiger partial charge is 0.341 e. The predicted octanol–water partition coefficient (Wildman–Crippen LogP) is 3.05. The Morgan fingerprint density at radius 1 is 1.17 bits per heavy atom. The molecule has 11 nitrogen and oxygen atoms in total. The van der Waals surface area contributed by atoms with Crippen LogP contribution in [0.2, 0.25) is 0 Å². The molecule has 0 aromatic heterocycles. The van der Waals surface area contributed by atoms with Gasteiger partial charge in [0.1, 0.15) is 11.6 Å². The average molecular weight is 647 g/mol. The summed E-state index contributed by atoms with van der Waals surface area (Å²) < 4.78 is 5.79. The highest BCUT2D eigenvalue weighted by molar-refractivity contribution is 8.93. The number of aliphatic hydroxyl groups is 1. The molecule has 1 fully saturated rings. The Kier molecular flexibility index (Phi) is 9.94. The first-order valence-corrected chi connectivity index (χ1v) is 13.6. The minimum absolute atomic E-state index is 0. The molecule has 4 rings (SSSR count). The van der Waals surface area contributed by atoms with Crippen LogP contribution >= 0.6 is 17.0 Å². The number of β-amino-alcohol motifs (C(OH)–C–C–N with tert-alkyl or cyclic N) is 1. The maximum absolute atomic E-state index is 13.8. The summed E-state index contributed by atoms with van der Waals surface area (Å²) in [5.41, 5.74) is 3.85. The lowest BCUT2D eigenvalue weighted by atomic mass is 9.84. The number of carboxylic acids is 1. The number of carbonyl (C=O) groups excluding carboxylic acids is 2. The van der Waals surface area contributed by atoms with Crippen LogP contribution in [-0.2, 0) is 16.8 Å². The van der Waals surface area contributed by atoms with Gasteiger partial charge in [-0.2, -0.15) is 0 Å². The van der Waals surface area contributed by atoms with Crippen LogP contribution in [0.3, 0.4) is 0 Å². The molecule has 0 spiro atoms. The molecule has 4 N–H and O–H groups in total. The first-order chi connectivity index (χ1) is 19.2. The number of hydrogen-bond acceptors (Lipinski definition) is 8. The highest BCUT2D eigenvalue weighted by Crippen LogP contribution is 2.42. The molecule has 1 atom stereocenters. The zero-order valence-electron chi connectivity index (χ0n) is 24.9. The number of fused-ring (bicyclic) bond motifs is 1. The van der Waals surface area contributed by atoms with Crippen molar-refractivity contribution in [1.29, 1.82) is 5.41 Å². The molecule has 2 aliphatic heterocycles. The molecule has 2 aliphatic rings. The normalized spacial score (nSPS) is 16.2. The quantitative estimate of drug-likeness (QED) is 0.302. The molecular formula is C30H40BrN5O6. The van der Waals surface area contributed by atoms with E-state index in [4.69, 9.17) is 10.1 Å². The maximum Gasteiger partial charge on any atom is 0.341 e. The molecule has 1 amide bonds. The molecule has 42 heavy (non-hydrogen) atoms. The minimum atomic E-state index is -1.11. The van der Waals surface area contributed by atoms with Gasteiger partial charge >= 0.3 is 5.97 Å². The van der Waals surface area contributed by atoms with Crippen molar-refractivity contribution < 1.29 is 29.3 Å². The number of nitrogens with one attached hydrogen (secondary N) is 2. The van der Waals surface area contributed by atoms with Crippen LogP contribution < -0.4 is 19.9 Å². The van der Waals surface area contributed by atoms with Gasteiger partial charge in [0.15, 0.2) is 12.4 Å². The number of carboxylic acid groups (broad SMARTS) is 1. The van der Waals surface area contributed by atoms with Gasteiger partial charge in [0, 0.05) is 63.2 Å². The first kappa shape index (κ1) is 32.9. The summed E-state index contributed by atoms with van der Waals surface area (Å²) in [5.74, 6) is -1.01. The molecule has 0 radical (unpaired) electrons. The molecule has 2 aromatic rings. The molecule has 12 heteroatoms. The third-order valence-electron chi connectivity index (χ3n) is 7.49. The fraction of sp³-hybridized carbons (Fsp3) is 0.467. The van der Waals surface area contributed by atoms with E-state index in [2.05, 4.69) is 5.32 Å². The van der Waals surface area contributed by atoms with Gasteiger partial charge in [-0.1, -0.05) is 20.8 Å². The number of amidine groups is 1. The number of Topliss-reactive ketones (excluding diaryl/α,β-unsaturated/α-hetero) is 1. The van der Waals surface area contributed by atoms with Crippen LogP contribution in [0.1, 0.15) is 64.6 Å². The largest absolute Gasteiger partial charge is 0.479 e. The van der Waals surface area contributed by atoms with E-state index >= 15 is 0 Å². The van der Waals surface area contributed by atoms with Crippen LogP contribution in [0.25, 0.3) is 0 Å². The zero-order chi connectivity index (χ0) is 30.2. The molecule has 1 unspecified atom stereocenters. The molecule has 2 aromatic carbocycles. The summed E-state index contributed by atoms with van der Waals surface area (Å²) in [6.45, 7) is 6.55. The molecule has 0 aliphatic carbocycles. The lowest BCUT2D eigenvalue weighted by Crippen LogP contribution is -2.31. The van der Waals surface area contributed by atoms with Gasteiger partial charge in [-0.05, 0) is 41.7 Å². The lowest BCUT2D eigenvalue weighted by molar-refractivity contribution is -0.139. The molecule has 2 heterocycles. The number of rotatable bonds is 9. The number of amides is 1. The van der Waals surface area contributed by atoms with Gasteiger partial charge < -0.3 is 35.0 Å². The Morgan fingerprint density at radius 3 is 2.40 bits per heavy atom. The van der Waals surface area contributed by atoms with Gasteiger partial charge in [0.05, 0.1) is 23.9 Å². The van der Waals surface area contributed by atoms with E-state index in [-0.39, 0.29) is 41.1 Å². The number of halogens is 1. The third kappa shape index (κ3) is 6.70. The van der Waals surface area contributed by atoms with Crippen LogP contribution in [0.5, 0.6) is 5.75 Å². The summed E-state index contributed by atoms with van der Waals surface area (Å²) in [4.78, 5) is 43.1. The maximum atomic E-state index is 13.8. The summed E-state index contributed by atoms with van der Waals surface area (Å²) in [5, 5.41) is 31.0. The van der Waals surface area contributed by atoms with E-state index in [1.165, 1.54) is 0 Å². The number of benzene rings is 2. The fourth-order valence-corrected chi connectivity index (χ4v) is 5.34. The van der Waals surface area contributed by atoms with Crippen LogP contribution in [0.4, 0.5) is 11.4 Å². The van der Waals surface area contributed by atoms with Crippen molar-refractivity contribution in [2.45, 2.75) is 45.3 Å². The highest BCUT2D eigenvalue weighted by atomic mass is 79.9. The van der Waals surface area contributed by atoms with Gasteiger partial charge in [-0.3, -0.25) is 15.0 Å². The van der Waals surface area contributed by atoms with Crippen molar-refractivity contribution in [3.63, 3.8) is 0 Å². The van der Waals surface area contributed by atoms with Crippen LogP contribution in [0.15, 0.2) is 24.3 Å². The van der Waals surface area contributed by atoms with Crippen molar-refractivity contribution in [3.05, 3.63) is 52.1 Å². The van der Waals surface area contributed by atoms with E-state index in [1.54, 1.807) is 30.1 Å². The van der Waals surface area contributed by atoms with Crippen molar-refractivity contribution in [2.75, 3.05) is 57.2 Å². The van der Waals surface area contributed by atoms with Gasteiger partial charge in [0.25, 0.3) is 5.91 Å². The molecule has 228 valence electrons. The molecule has 0 saturated carbocycles. The van der Waals surface area contributed by atoms with Crippen LogP contribution in [-0.4, -0.2) is 92.1 Å². The van der Waals surface area contributed by atoms with E-state index in [9.17, 15) is 24.6 Å². The highest BCUT2D eigenvalue weighted by Gasteiger charge is 2.32. The Morgan fingerprint density at radius 2 is 1.86 bits per heavy atom. The SMILES string of the molecule is Br.CNC(=O)c1cc2c(cc1N(C)C)CN(CC(=O)c1cc(N3CCC(O)C3)c(OCC(=O)O)c(C(C)(C)C)c1)C2=N. The van der Waals surface area contributed by atoms with E-state index < -0.39 is 24.1 Å². The Labute approximate surface area is 256 Å². The zero-order valence-corrected chi connectivity index (χ0v) is 26.6. The Hall–Kier alpha value is -3.64. The summed E-state index contributed by atoms with van der Waals surface area (Å²) >= 11 is 0. The number of hydrogen-bond donors (Lipinski definition) is 4. The summed E-state index contributed by atoms with van der Waals surface area (Å²) in [6.07, 6.45) is 0.0208. The van der Waals surface area contributed by atoms with Crippen LogP contribution in [0, 0.1) is 5.41 Å². The third-order valence-corrected chi connectivity index (χ3v) is 7.49. The number of ether oxygens (including phenoxy) is 1. The number of ketones is 1. The minimum Gasteiger partial charge on any atom is -0.479 e. The summed E-state index contributed by atoms with van der Waals surface area (Å²) in [6, 6.07) is 7.05. The second-order valence-electron chi connectivity index (χ2n) is 11.8. The lowest BCUT2D eigenvalue weighted by Gasteiger charge is -2.29. The van der Waals surface area contributed by atoms with Crippen molar-refractivity contribution >= 4 is 51.9 Å². The van der Waals surface area contributed by atoms with Gasteiger partial charge in [-0.25, -0.2) is 4.79 Å². The van der Waals surface area contributed by atoms with Crippen molar-refractivity contribution in [2.24, 2.45) is 0 Å². The predicted molar refractivity (Wildman–Crippen MR) is 167 cm³/mol. The molecule has 0 bridgehead atoms. The second kappa shape index (κ2) is 12.7. The Bertz CT molecular complexity index is 1400. The van der Waals surface area contributed by atoms with Gasteiger partial charge in [0.2, 0.25) is 0 Å². The molecule has 1 saturated heterocycles. The van der Waals surface area contributed by atoms with E-state index in [0.717, 1.165) is 11.3 Å². The average Bonchev–Trinajstić information content (AvgIpc) is 3.47. The van der Waals surface area contributed by atoms with Crippen molar-refractivity contribution in [3.8, 4) is 5.75 Å². The topological polar surface area (TPSA) is 147 Å². The standard InChI is InChI=1S/C30H39N5O6.BrH/c1-30(2,3)22-9-17(10-24(27(22)41-16-26(38)39)34-8-7-19(36)14-34)25(37)15-35-13-18-11-23(33(5)6)21(29(40)32-4)12-20(18)28(35)31;/h9-12,19,31,36H,7-8,13-16H2,1-6H3,(H,32,40)(H,38,39);1H. The molecular weight excluding hydrogens is 606 g/mol. The number of aliphatic carboxylic acids is 1. The number of carbonyl (C=O) groups is 3. The second-order valence-corrected chi connectivity index (χ2v) is 11.8. The number of anilines is 2. The first-order valence-electron chi connectivity index (χ1n) is 13.6. The van der Waals surface area contributed by atoms with E-state index in [1.807, 2.05) is 50.7 Å². The van der Waals surface area contributed by atoms with E-state index in [0.29, 0.717) is 59.7 Å². The number of nitrogens with zero attached hydrogens (tertiary/aromatic N) is 3. The Balaban J connectivity index is 0.00000484. The number of aliphatic hydroxyl groups excluding tert-OH is 1. The fourth-order valence-electron chi connectivity index (χ4n) is 5.34. The van der Waals surface area contributed by atoms with Gasteiger partial charge in [-0.15, -0.1) is 17.0 Å².